The molecule has 78 valence electrons. The molecule has 1 fully saturated rings. The molecule has 0 radical (unpaired) electrons. The summed E-state index contributed by atoms with van der Waals surface area (Å²) in [5, 5.41) is 3.08. The van der Waals surface area contributed by atoms with Crippen LogP contribution in [0, 0.1) is 0 Å². The van der Waals surface area contributed by atoms with Crippen LogP contribution in [0.3, 0.4) is 0 Å². The summed E-state index contributed by atoms with van der Waals surface area (Å²) in [5.74, 6) is 0. The third-order valence-corrected chi connectivity index (χ3v) is 3.29. The highest BCUT2D eigenvalue weighted by Gasteiger charge is 2.23. The second-order valence-electron chi connectivity index (χ2n) is 2.93. The van der Waals surface area contributed by atoms with E-state index in [1.54, 1.807) is 0 Å². The predicted octanol–water partition coefficient (Wildman–Crippen LogP) is -0.437. The van der Waals surface area contributed by atoms with E-state index in [1.807, 2.05) is 6.92 Å². The van der Waals surface area contributed by atoms with Crippen molar-refractivity contribution in [2.45, 2.75) is 13.3 Å². The van der Waals surface area contributed by atoms with Crippen LogP contribution in [-0.4, -0.2) is 45.5 Å². The highest BCUT2D eigenvalue weighted by atomic mass is 32.2. The van der Waals surface area contributed by atoms with Crippen molar-refractivity contribution in [3.05, 3.63) is 0 Å². The van der Waals surface area contributed by atoms with E-state index in [-0.39, 0.29) is 6.61 Å². The summed E-state index contributed by atoms with van der Waals surface area (Å²) in [6.45, 7) is 4.57. The molecule has 5 nitrogen and oxygen atoms in total. The molecule has 1 N–H and O–H groups in total. The Bertz CT molecular complexity index is 234. The van der Waals surface area contributed by atoms with Crippen molar-refractivity contribution in [3.63, 3.8) is 0 Å². The van der Waals surface area contributed by atoms with Gasteiger partial charge in [-0.1, -0.05) is 6.92 Å². The summed E-state index contributed by atoms with van der Waals surface area (Å²) in [5.41, 5.74) is 0. The molecule has 1 saturated heterocycles. The van der Waals surface area contributed by atoms with Crippen molar-refractivity contribution < 1.29 is 12.6 Å². The first-order chi connectivity index (χ1) is 6.17. The minimum absolute atomic E-state index is 0.270. The van der Waals surface area contributed by atoms with Gasteiger partial charge in [-0.05, 0) is 6.42 Å². The highest BCUT2D eigenvalue weighted by Crippen LogP contribution is 2.04. The van der Waals surface area contributed by atoms with Crippen LogP contribution in [0.1, 0.15) is 13.3 Å². The van der Waals surface area contributed by atoms with Gasteiger partial charge in [0.2, 0.25) is 0 Å². The van der Waals surface area contributed by atoms with Gasteiger partial charge in [0.25, 0.3) is 0 Å². The van der Waals surface area contributed by atoms with Crippen LogP contribution in [0.4, 0.5) is 0 Å². The lowest BCUT2D eigenvalue weighted by molar-refractivity contribution is 0.254. The lowest BCUT2D eigenvalue weighted by atomic mass is 10.4. The maximum Gasteiger partial charge on any atom is 0.338 e. The molecule has 0 bridgehead atoms. The molecule has 0 aliphatic carbocycles. The summed E-state index contributed by atoms with van der Waals surface area (Å²) < 4.78 is 29.0. The average molecular weight is 208 g/mol. The third kappa shape index (κ3) is 3.22. The predicted molar refractivity (Wildman–Crippen MR) is 49.6 cm³/mol. The second-order valence-corrected chi connectivity index (χ2v) is 4.54. The molecule has 0 saturated carbocycles. The molecule has 0 aromatic rings. The molecule has 1 aliphatic heterocycles. The van der Waals surface area contributed by atoms with Crippen LogP contribution in [0.5, 0.6) is 0 Å². The first-order valence-electron chi connectivity index (χ1n) is 4.52. The van der Waals surface area contributed by atoms with Gasteiger partial charge in [0.1, 0.15) is 0 Å². The fourth-order valence-electron chi connectivity index (χ4n) is 1.13. The molecule has 13 heavy (non-hydrogen) atoms. The Hall–Kier alpha value is -0.170. The van der Waals surface area contributed by atoms with Gasteiger partial charge in [-0.15, -0.1) is 0 Å². The molecule has 1 aliphatic rings. The lowest BCUT2D eigenvalue weighted by Crippen LogP contribution is -2.46. The van der Waals surface area contributed by atoms with E-state index in [0.717, 1.165) is 0 Å². The lowest BCUT2D eigenvalue weighted by Gasteiger charge is -2.25. The molecule has 0 unspecified atom stereocenters. The highest BCUT2D eigenvalue weighted by molar-refractivity contribution is 7.84. The Morgan fingerprint density at radius 1 is 1.38 bits per heavy atom. The summed E-state index contributed by atoms with van der Waals surface area (Å²) >= 11 is 0. The maximum absolute atomic E-state index is 11.4. The van der Waals surface area contributed by atoms with Crippen LogP contribution < -0.4 is 5.32 Å². The van der Waals surface area contributed by atoms with Gasteiger partial charge >= 0.3 is 10.3 Å². The van der Waals surface area contributed by atoms with Crippen molar-refractivity contribution >= 4 is 10.3 Å². The van der Waals surface area contributed by atoms with Crippen LogP contribution in [0.25, 0.3) is 0 Å². The fourth-order valence-corrected chi connectivity index (χ4v) is 2.29. The fraction of sp³-hybridized carbons (Fsp3) is 1.00. The molecule has 6 heteroatoms. The average Bonchev–Trinajstić information content (AvgIpc) is 2.16. The van der Waals surface area contributed by atoms with Gasteiger partial charge in [0.05, 0.1) is 6.61 Å². The molecule has 0 aromatic heterocycles. The van der Waals surface area contributed by atoms with Gasteiger partial charge < -0.3 is 5.32 Å². The van der Waals surface area contributed by atoms with Gasteiger partial charge in [0, 0.05) is 26.2 Å². The van der Waals surface area contributed by atoms with Gasteiger partial charge in [-0.3, -0.25) is 4.18 Å². The zero-order chi connectivity index (χ0) is 9.73. The molecule has 0 amide bonds. The SMILES string of the molecule is CCCOS(=O)(=O)N1CCNCC1. The number of hydrogen-bond acceptors (Lipinski definition) is 4. The smallest absolute Gasteiger partial charge is 0.314 e. The molecule has 1 rings (SSSR count). The minimum atomic E-state index is -3.45. The third-order valence-electron chi connectivity index (χ3n) is 1.83. The van der Waals surface area contributed by atoms with E-state index in [4.69, 9.17) is 4.18 Å². The first kappa shape index (κ1) is 10.9. The van der Waals surface area contributed by atoms with Gasteiger partial charge in [-0.2, -0.15) is 12.7 Å². The zero-order valence-corrected chi connectivity index (χ0v) is 8.64. The molecular weight excluding hydrogens is 192 g/mol. The largest absolute Gasteiger partial charge is 0.338 e. The normalized spacial score (nSPS) is 20.4. The number of piperazine rings is 1. The minimum Gasteiger partial charge on any atom is -0.314 e. The van der Waals surface area contributed by atoms with Gasteiger partial charge in [-0.25, -0.2) is 0 Å². The van der Waals surface area contributed by atoms with E-state index in [0.29, 0.717) is 32.6 Å². The Morgan fingerprint density at radius 2 is 2.00 bits per heavy atom. The molecule has 0 aromatic carbocycles. The van der Waals surface area contributed by atoms with Crippen molar-refractivity contribution in [1.82, 2.24) is 9.62 Å². The van der Waals surface area contributed by atoms with E-state index >= 15 is 0 Å². The first-order valence-corrected chi connectivity index (χ1v) is 5.88. The van der Waals surface area contributed by atoms with Crippen molar-refractivity contribution in [1.29, 1.82) is 0 Å². The summed E-state index contributed by atoms with van der Waals surface area (Å²) in [4.78, 5) is 0. The molecule has 1 heterocycles. The van der Waals surface area contributed by atoms with Crippen LogP contribution in [-0.2, 0) is 14.5 Å². The van der Waals surface area contributed by atoms with E-state index < -0.39 is 10.3 Å². The van der Waals surface area contributed by atoms with E-state index in [1.165, 1.54) is 4.31 Å². The maximum atomic E-state index is 11.4. The van der Waals surface area contributed by atoms with Crippen LogP contribution in [0.2, 0.25) is 0 Å². The summed E-state index contributed by atoms with van der Waals surface area (Å²) in [6, 6.07) is 0. The molecular formula is C7H16N2O3S. The number of rotatable bonds is 4. The van der Waals surface area contributed by atoms with Crippen LogP contribution in [0.15, 0.2) is 0 Å². The Labute approximate surface area is 79.3 Å². The standard InChI is InChI=1S/C7H16N2O3S/c1-2-7-12-13(10,11)9-5-3-8-4-6-9/h8H,2-7H2,1H3. The molecule has 0 spiro atoms. The van der Waals surface area contributed by atoms with Crippen LogP contribution >= 0.6 is 0 Å². The Kier molecular flexibility index (Phi) is 4.11. The Morgan fingerprint density at radius 3 is 2.54 bits per heavy atom. The quantitative estimate of drug-likeness (QED) is 0.680. The van der Waals surface area contributed by atoms with Crippen molar-refractivity contribution in [3.8, 4) is 0 Å². The number of nitrogens with zero attached hydrogens (tertiary/aromatic N) is 1. The zero-order valence-electron chi connectivity index (χ0n) is 7.82. The number of hydrogen-bond donors (Lipinski definition) is 1. The van der Waals surface area contributed by atoms with E-state index in [2.05, 4.69) is 5.32 Å². The van der Waals surface area contributed by atoms with Crippen molar-refractivity contribution in [2.75, 3.05) is 32.8 Å². The van der Waals surface area contributed by atoms with E-state index in [9.17, 15) is 8.42 Å². The second kappa shape index (κ2) is 4.90. The topological polar surface area (TPSA) is 58.6 Å². The summed E-state index contributed by atoms with van der Waals surface area (Å²) in [7, 11) is -3.45. The Balaban J connectivity index is 2.47. The van der Waals surface area contributed by atoms with Gasteiger partial charge in [0.15, 0.2) is 0 Å². The number of nitrogens with one attached hydrogen (secondary N) is 1. The van der Waals surface area contributed by atoms with Crippen molar-refractivity contribution in [2.24, 2.45) is 0 Å². The summed E-state index contributed by atoms with van der Waals surface area (Å²) in [6.07, 6.45) is 0.714. The molecule has 0 atom stereocenters. The monoisotopic (exact) mass is 208 g/mol.